The molecule has 2 aromatic rings. The molecule has 6 heteroatoms. The first-order valence-corrected chi connectivity index (χ1v) is 5.59. The lowest BCUT2D eigenvalue weighted by Crippen LogP contribution is -2.06. The van der Waals surface area contributed by atoms with Crippen molar-refractivity contribution in [3.63, 3.8) is 0 Å². The zero-order valence-corrected chi connectivity index (χ0v) is 10.4. The molecule has 0 radical (unpaired) electrons. The lowest BCUT2D eigenvalue weighted by atomic mass is 10.1. The van der Waals surface area contributed by atoms with Gasteiger partial charge < -0.3 is 9.67 Å². The molecule has 2 rings (SSSR count). The molecule has 1 aromatic carbocycles. The Kier molecular flexibility index (Phi) is 3.26. The van der Waals surface area contributed by atoms with Crippen LogP contribution in [0.25, 0.3) is 0 Å². The van der Waals surface area contributed by atoms with Crippen molar-refractivity contribution in [2.75, 3.05) is 0 Å². The quantitative estimate of drug-likeness (QED) is 0.866. The monoisotopic (exact) mass is 302 g/mol. The number of benzene rings is 1. The van der Waals surface area contributed by atoms with E-state index in [-0.39, 0.29) is 10.2 Å². The second kappa shape index (κ2) is 4.54. The molecule has 1 heterocycles. The van der Waals surface area contributed by atoms with Gasteiger partial charge in [0, 0.05) is 13.2 Å². The van der Waals surface area contributed by atoms with Gasteiger partial charge in [-0.1, -0.05) is 0 Å². The summed E-state index contributed by atoms with van der Waals surface area (Å²) >= 11 is 2.95. The van der Waals surface area contributed by atoms with Gasteiger partial charge in [-0.25, -0.2) is 13.8 Å². The molecule has 0 amide bonds. The second-order valence-electron chi connectivity index (χ2n) is 3.62. The first-order chi connectivity index (χ1) is 8.00. The zero-order chi connectivity index (χ0) is 12.6. The molecule has 0 saturated heterocycles. The summed E-state index contributed by atoms with van der Waals surface area (Å²) < 4.78 is 28.9. The van der Waals surface area contributed by atoms with Crippen LogP contribution >= 0.6 is 15.9 Å². The molecule has 1 aromatic heterocycles. The van der Waals surface area contributed by atoms with Crippen LogP contribution in [0.3, 0.4) is 0 Å². The number of aryl methyl sites for hydroxylation is 1. The van der Waals surface area contributed by atoms with Crippen LogP contribution in [0.1, 0.15) is 17.4 Å². The van der Waals surface area contributed by atoms with Gasteiger partial charge in [-0.3, -0.25) is 0 Å². The highest BCUT2D eigenvalue weighted by atomic mass is 79.9. The van der Waals surface area contributed by atoms with E-state index in [4.69, 9.17) is 0 Å². The second-order valence-corrected chi connectivity index (χ2v) is 4.48. The minimum Gasteiger partial charge on any atom is -0.382 e. The topological polar surface area (TPSA) is 38.0 Å². The summed E-state index contributed by atoms with van der Waals surface area (Å²) in [5.74, 6) is -1.62. The van der Waals surface area contributed by atoms with Gasteiger partial charge in [-0.2, -0.15) is 0 Å². The molecule has 0 spiro atoms. The summed E-state index contributed by atoms with van der Waals surface area (Å²) in [5.41, 5.74) is -0.207. The molecule has 0 bridgehead atoms. The van der Waals surface area contributed by atoms with E-state index in [1.54, 1.807) is 11.6 Å². The number of aromatic nitrogens is 2. The average molecular weight is 303 g/mol. The SMILES string of the molecule is Cn1cnc(C(O)c2c(F)ccc(Br)c2F)c1. The lowest BCUT2D eigenvalue weighted by molar-refractivity contribution is 0.204. The van der Waals surface area contributed by atoms with Crippen molar-refractivity contribution in [2.45, 2.75) is 6.10 Å². The predicted molar refractivity (Wildman–Crippen MR) is 61.3 cm³/mol. The summed E-state index contributed by atoms with van der Waals surface area (Å²) in [4.78, 5) is 3.87. The van der Waals surface area contributed by atoms with E-state index >= 15 is 0 Å². The van der Waals surface area contributed by atoms with Crippen molar-refractivity contribution in [2.24, 2.45) is 7.05 Å². The number of hydrogen-bond acceptors (Lipinski definition) is 2. The first kappa shape index (κ1) is 12.2. The number of hydrogen-bond donors (Lipinski definition) is 1. The van der Waals surface area contributed by atoms with Crippen molar-refractivity contribution >= 4 is 15.9 Å². The number of halogens is 3. The first-order valence-electron chi connectivity index (χ1n) is 4.80. The number of rotatable bonds is 2. The van der Waals surface area contributed by atoms with Crippen molar-refractivity contribution in [3.05, 3.63) is 52.0 Å². The van der Waals surface area contributed by atoms with Crippen LogP contribution in [0.15, 0.2) is 29.1 Å². The molecular formula is C11H9BrF2N2O. The Morgan fingerprint density at radius 2 is 2.12 bits per heavy atom. The van der Waals surface area contributed by atoms with Crippen LogP contribution < -0.4 is 0 Å². The predicted octanol–water partition coefficient (Wildman–Crippen LogP) is 2.54. The van der Waals surface area contributed by atoms with Crippen molar-refractivity contribution in [3.8, 4) is 0 Å². The average Bonchev–Trinajstić information content (AvgIpc) is 2.71. The van der Waals surface area contributed by atoms with Gasteiger partial charge in [0.15, 0.2) is 0 Å². The van der Waals surface area contributed by atoms with Crippen LogP contribution in [0.2, 0.25) is 0 Å². The summed E-state index contributed by atoms with van der Waals surface area (Å²) in [6.07, 6.45) is 1.53. The van der Waals surface area contributed by atoms with Gasteiger partial charge in [0.1, 0.15) is 17.7 Å². The molecular weight excluding hydrogens is 294 g/mol. The summed E-state index contributed by atoms with van der Waals surface area (Å²) in [6, 6.07) is 2.34. The third-order valence-corrected chi connectivity index (χ3v) is 2.97. The molecule has 1 N–H and O–H groups in total. The molecule has 1 unspecified atom stereocenters. The third kappa shape index (κ3) is 2.23. The Hall–Kier alpha value is -1.27. The maximum Gasteiger partial charge on any atom is 0.146 e. The maximum atomic E-state index is 13.7. The minimum atomic E-state index is -1.42. The van der Waals surface area contributed by atoms with Crippen molar-refractivity contribution < 1.29 is 13.9 Å². The van der Waals surface area contributed by atoms with Gasteiger partial charge in [0.25, 0.3) is 0 Å². The Balaban J connectivity index is 2.50. The Morgan fingerprint density at radius 3 is 2.71 bits per heavy atom. The molecule has 3 nitrogen and oxygen atoms in total. The number of nitrogens with zero attached hydrogens (tertiary/aromatic N) is 2. The Labute approximate surface area is 105 Å². The van der Waals surface area contributed by atoms with Crippen LogP contribution in [-0.2, 0) is 7.05 Å². The fourth-order valence-corrected chi connectivity index (χ4v) is 1.86. The largest absolute Gasteiger partial charge is 0.382 e. The summed E-state index contributed by atoms with van der Waals surface area (Å²) in [6.45, 7) is 0. The summed E-state index contributed by atoms with van der Waals surface area (Å²) in [7, 11) is 1.71. The van der Waals surface area contributed by atoms with Gasteiger partial charge in [-0.15, -0.1) is 0 Å². The smallest absolute Gasteiger partial charge is 0.146 e. The van der Waals surface area contributed by atoms with E-state index < -0.39 is 23.3 Å². The van der Waals surface area contributed by atoms with Crippen LogP contribution in [0, 0.1) is 11.6 Å². The van der Waals surface area contributed by atoms with Gasteiger partial charge in [-0.05, 0) is 28.1 Å². The number of imidazole rings is 1. The fourth-order valence-electron chi connectivity index (χ4n) is 1.52. The third-order valence-electron chi connectivity index (χ3n) is 2.36. The molecule has 0 aliphatic carbocycles. The lowest BCUT2D eigenvalue weighted by Gasteiger charge is -2.11. The number of aliphatic hydroxyl groups is 1. The molecule has 0 fully saturated rings. The van der Waals surface area contributed by atoms with E-state index in [1.165, 1.54) is 18.6 Å². The van der Waals surface area contributed by atoms with Crippen LogP contribution in [0.5, 0.6) is 0 Å². The maximum absolute atomic E-state index is 13.7. The Morgan fingerprint density at radius 1 is 1.41 bits per heavy atom. The fraction of sp³-hybridized carbons (Fsp3) is 0.182. The summed E-state index contributed by atoms with van der Waals surface area (Å²) in [5, 5.41) is 9.91. The van der Waals surface area contributed by atoms with E-state index in [0.29, 0.717) is 0 Å². The molecule has 1 atom stereocenters. The van der Waals surface area contributed by atoms with Gasteiger partial charge in [0.05, 0.1) is 22.1 Å². The molecule has 17 heavy (non-hydrogen) atoms. The molecule has 0 saturated carbocycles. The normalized spacial score (nSPS) is 12.8. The highest BCUT2D eigenvalue weighted by Crippen LogP contribution is 2.29. The van der Waals surface area contributed by atoms with Crippen LogP contribution in [-0.4, -0.2) is 14.7 Å². The number of aliphatic hydroxyl groups excluding tert-OH is 1. The van der Waals surface area contributed by atoms with E-state index in [2.05, 4.69) is 20.9 Å². The Bertz CT molecular complexity index is 556. The van der Waals surface area contributed by atoms with Crippen LogP contribution in [0.4, 0.5) is 8.78 Å². The van der Waals surface area contributed by atoms with Crippen molar-refractivity contribution in [1.29, 1.82) is 0 Å². The molecule has 90 valence electrons. The van der Waals surface area contributed by atoms with E-state index in [1.807, 2.05) is 0 Å². The van der Waals surface area contributed by atoms with E-state index in [0.717, 1.165) is 6.07 Å². The molecule has 0 aliphatic heterocycles. The standard InChI is InChI=1S/C11H9BrF2N2O/c1-16-4-8(15-5-16)11(17)9-7(13)3-2-6(12)10(9)14/h2-5,11,17H,1H3. The van der Waals surface area contributed by atoms with Crippen molar-refractivity contribution in [1.82, 2.24) is 9.55 Å². The van der Waals surface area contributed by atoms with Gasteiger partial charge in [0.2, 0.25) is 0 Å². The highest BCUT2D eigenvalue weighted by molar-refractivity contribution is 9.10. The van der Waals surface area contributed by atoms with Gasteiger partial charge >= 0.3 is 0 Å². The minimum absolute atomic E-state index is 0.101. The highest BCUT2D eigenvalue weighted by Gasteiger charge is 2.23. The molecule has 0 aliphatic rings. The zero-order valence-electron chi connectivity index (χ0n) is 8.86. The van der Waals surface area contributed by atoms with E-state index in [9.17, 15) is 13.9 Å².